The Kier molecular flexibility index (Phi) is 6.97. The van der Waals surface area contributed by atoms with E-state index in [2.05, 4.69) is 58.8 Å². The molecular formula is C19H27N5OS. The van der Waals surface area contributed by atoms with Crippen molar-refractivity contribution in [1.29, 1.82) is 0 Å². The van der Waals surface area contributed by atoms with E-state index in [0.717, 1.165) is 29.2 Å². The molecule has 0 saturated carbocycles. The van der Waals surface area contributed by atoms with Gasteiger partial charge in [-0.05, 0) is 45.7 Å². The Balaban J connectivity index is 1.91. The minimum atomic E-state index is -0.176. The maximum atomic E-state index is 12.0. The lowest BCUT2D eigenvalue weighted by atomic mass is 10.2. The topological polar surface area (TPSA) is 72.2 Å². The van der Waals surface area contributed by atoms with Gasteiger partial charge in [-0.1, -0.05) is 25.6 Å². The Labute approximate surface area is 159 Å². The van der Waals surface area contributed by atoms with Crippen LogP contribution < -0.4 is 5.43 Å². The lowest BCUT2D eigenvalue weighted by Crippen LogP contribution is -2.20. The monoisotopic (exact) mass is 373 g/mol. The largest absolute Gasteiger partial charge is 0.348 e. The summed E-state index contributed by atoms with van der Waals surface area (Å²) in [5, 5.41) is 4.70. The number of hydrogen-bond donors (Lipinski definition) is 1. The van der Waals surface area contributed by atoms with E-state index < -0.39 is 0 Å². The van der Waals surface area contributed by atoms with Gasteiger partial charge in [-0.25, -0.2) is 15.4 Å². The summed E-state index contributed by atoms with van der Waals surface area (Å²) >= 11 is 1.31. The Morgan fingerprint density at radius 2 is 1.88 bits per heavy atom. The summed E-state index contributed by atoms with van der Waals surface area (Å²) in [7, 11) is 0. The molecule has 26 heavy (non-hydrogen) atoms. The summed E-state index contributed by atoms with van der Waals surface area (Å²) in [6.45, 7) is 13.4. The third kappa shape index (κ3) is 5.69. The number of carbonyl (C=O) groups excluding carboxylic acids is 1. The van der Waals surface area contributed by atoms with Gasteiger partial charge in [0.05, 0.1) is 12.0 Å². The Morgan fingerprint density at radius 1 is 1.23 bits per heavy atom. The van der Waals surface area contributed by atoms with Gasteiger partial charge in [0.2, 0.25) is 0 Å². The van der Waals surface area contributed by atoms with Crippen molar-refractivity contribution >= 4 is 23.9 Å². The predicted molar refractivity (Wildman–Crippen MR) is 107 cm³/mol. The Morgan fingerprint density at radius 3 is 2.50 bits per heavy atom. The molecule has 0 spiro atoms. The molecule has 0 fully saturated rings. The van der Waals surface area contributed by atoms with Crippen LogP contribution in [0.1, 0.15) is 42.2 Å². The van der Waals surface area contributed by atoms with Crippen LogP contribution in [0.15, 0.2) is 22.4 Å². The second kappa shape index (κ2) is 8.98. The second-order valence-corrected chi connectivity index (χ2v) is 7.79. The van der Waals surface area contributed by atoms with Gasteiger partial charge in [-0.3, -0.25) is 4.79 Å². The van der Waals surface area contributed by atoms with E-state index in [0.29, 0.717) is 11.1 Å². The van der Waals surface area contributed by atoms with Crippen LogP contribution in [0.2, 0.25) is 0 Å². The van der Waals surface area contributed by atoms with Crippen molar-refractivity contribution in [2.24, 2.45) is 11.0 Å². The van der Waals surface area contributed by atoms with Crippen molar-refractivity contribution in [1.82, 2.24) is 20.0 Å². The van der Waals surface area contributed by atoms with Gasteiger partial charge >= 0.3 is 0 Å². The highest BCUT2D eigenvalue weighted by atomic mass is 32.2. The van der Waals surface area contributed by atoms with Gasteiger partial charge in [-0.2, -0.15) is 5.10 Å². The molecule has 0 aliphatic carbocycles. The van der Waals surface area contributed by atoms with Crippen LogP contribution >= 0.6 is 11.8 Å². The van der Waals surface area contributed by atoms with Crippen LogP contribution in [0.4, 0.5) is 0 Å². The molecule has 1 amide bonds. The first-order valence-corrected chi connectivity index (χ1v) is 9.68. The van der Waals surface area contributed by atoms with Crippen molar-refractivity contribution in [3.63, 3.8) is 0 Å². The smallest absolute Gasteiger partial charge is 0.250 e. The maximum Gasteiger partial charge on any atom is 0.250 e. The molecule has 7 heteroatoms. The first-order valence-electron chi connectivity index (χ1n) is 8.70. The molecule has 0 aliphatic rings. The van der Waals surface area contributed by atoms with E-state index in [1.165, 1.54) is 17.5 Å². The average Bonchev–Trinajstić information content (AvgIpc) is 2.79. The van der Waals surface area contributed by atoms with E-state index in [4.69, 9.17) is 0 Å². The number of nitrogens with one attached hydrogen (secondary N) is 1. The summed E-state index contributed by atoms with van der Waals surface area (Å²) < 4.78 is 2.28. The second-order valence-electron chi connectivity index (χ2n) is 6.85. The zero-order valence-electron chi connectivity index (χ0n) is 16.3. The molecular weight excluding hydrogens is 346 g/mol. The van der Waals surface area contributed by atoms with Gasteiger partial charge in [0.25, 0.3) is 5.91 Å². The summed E-state index contributed by atoms with van der Waals surface area (Å²) in [4.78, 5) is 20.6. The fraction of sp³-hybridized carbons (Fsp3) is 0.474. The zero-order chi connectivity index (χ0) is 19.3. The summed E-state index contributed by atoms with van der Waals surface area (Å²) in [6.07, 6.45) is 1.70. The summed E-state index contributed by atoms with van der Waals surface area (Å²) in [5.74, 6) is 0.630. The highest BCUT2D eigenvalue weighted by molar-refractivity contribution is 7.99. The molecule has 6 nitrogen and oxygen atoms in total. The van der Waals surface area contributed by atoms with Crippen LogP contribution in [0.5, 0.6) is 0 Å². The minimum Gasteiger partial charge on any atom is -0.348 e. The quantitative estimate of drug-likeness (QED) is 0.349. The van der Waals surface area contributed by atoms with Crippen molar-refractivity contribution in [2.75, 3.05) is 5.75 Å². The van der Waals surface area contributed by atoms with E-state index in [1.54, 1.807) is 6.21 Å². The lowest BCUT2D eigenvalue weighted by molar-refractivity contribution is -0.118. The van der Waals surface area contributed by atoms with Crippen LogP contribution in [-0.2, 0) is 11.3 Å². The predicted octanol–water partition coefficient (Wildman–Crippen LogP) is 3.41. The normalized spacial score (nSPS) is 11.5. The number of amides is 1. The first-order chi connectivity index (χ1) is 12.3. The summed E-state index contributed by atoms with van der Waals surface area (Å²) in [6, 6.07) is 4.00. The molecule has 0 aliphatic heterocycles. The maximum absolute atomic E-state index is 12.0. The van der Waals surface area contributed by atoms with Crippen molar-refractivity contribution in [3.8, 4) is 0 Å². The first kappa shape index (κ1) is 20.2. The molecule has 0 bridgehead atoms. The third-order valence-electron chi connectivity index (χ3n) is 3.85. The molecule has 0 aromatic carbocycles. The fourth-order valence-corrected chi connectivity index (χ4v) is 3.44. The molecule has 1 N–H and O–H groups in total. The third-order valence-corrected chi connectivity index (χ3v) is 4.69. The molecule has 2 aromatic rings. The van der Waals surface area contributed by atoms with Crippen LogP contribution in [0.25, 0.3) is 0 Å². The molecule has 0 unspecified atom stereocenters. The number of carbonyl (C=O) groups is 1. The van der Waals surface area contributed by atoms with E-state index in [1.807, 2.05) is 19.9 Å². The van der Waals surface area contributed by atoms with Gasteiger partial charge in [0.1, 0.15) is 0 Å². The van der Waals surface area contributed by atoms with Crippen molar-refractivity contribution < 1.29 is 4.79 Å². The Hall–Kier alpha value is -2.15. The standard InChI is InChI=1S/C19H27N5OS/c1-12(2)10-24-15(5)8-17(16(24)6)9-20-23-18(25)11-26-19-21-13(3)7-14(4)22-19/h7-9,12H,10-11H2,1-6H3,(H,23,25)/b20-9+. The molecule has 0 atom stereocenters. The van der Waals surface area contributed by atoms with Crippen LogP contribution in [0.3, 0.4) is 0 Å². The van der Waals surface area contributed by atoms with Gasteiger partial charge in [0, 0.05) is 34.9 Å². The van der Waals surface area contributed by atoms with E-state index >= 15 is 0 Å². The molecule has 2 heterocycles. The molecule has 0 radical (unpaired) electrons. The number of nitrogens with zero attached hydrogens (tertiary/aromatic N) is 4. The number of aromatic nitrogens is 3. The fourth-order valence-electron chi connectivity index (χ4n) is 2.70. The number of hydrazone groups is 1. The zero-order valence-corrected chi connectivity index (χ0v) is 17.1. The lowest BCUT2D eigenvalue weighted by Gasteiger charge is -2.11. The van der Waals surface area contributed by atoms with Crippen molar-refractivity contribution in [2.45, 2.75) is 53.2 Å². The van der Waals surface area contributed by atoms with Gasteiger partial charge in [-0.15, -0.1) is 0 Å². The highest BCUT2D eigenvalue weighted by Crippen LogP contribution is 2.16. The molecule has 2 aromatic heterocycles. The minimum absolute atomic E-state index is 0.176. The van der Waals surface area contributed by atoms with Gasteiger partial charge in [0.15, 0.2) is 5.16 Å². The Bertz CT molecular complexity index is 790. The van der Waals surface area contributed by atoms with Crippen molar-refractivity contribution in [3.05, 3.63) is 40.5 Å². The number of rotatable bonds is 7. The number of thioether (sulfide) groups is 1. The number of hydrogen-bond acceptors (Lipinski definition) is 5. The summed E-state index contributed by atoms with van der Waals surface area (Å²) in [5.41, 5.74) is 7.75. The van der Waals surface area contributed by atoms with E-state index in [-0.39, 0.29) is 11.7 Å². The van der Waals surface area contributed by atoms with Crippen LogP contribution in [0, 0.1) is 33.6 Å². The molecule has 2 rings (SSSR count). The average molecular weight is 374 g/mol. The number of aryl methyl sites for hydroxylation is 3. The van der Waals surface area contributed by atoms with E-state index in [9.17, 15) is 4.79 Å². The van der Waals surface area contributed by atoms with Gasteiger partial charge < -0.3 is 4.57 Å². The highest BCUT2D eigenvalue weighted by Gasteiger charge is 2.09. The SMILES string of the molecule is Cc1cc(C)nc(SCC(=O)N/N=C/c2cc(C)n(CC(C)C)c2C)n1. The van der Waals surface area contributed by atoms with Crippen LogP contribution in [-0.4, -0.2) is 32.4 Å². The molecule has 0 saturated heterocycles. The molecule has 140 valence electrons.